The van der Waals surface area contributed by atoms with Crippen molar-refractivity contribution >= 4 is 11.7 Å². The third-order valence-corrected chi connectivity index (χ3v) is 2.07. The molecular formula is C12H11NO5. The molecule has 1 N–H and O–H groups in total. The number of carbonyl (C=O) groups is 1. The first kappa shape index (κ1) is 13.5. The Morgan fingerprint density at radius 3 is 2.83 bits per heavy atom. The maximum Gasteiger partial charge on any atom is 0.339 e. The first-order valence-corrected chi connectivity index (χ1v) is 5.11. The fourth-order valence-electron chi connectivity index (χ4n) is 1.32. The summed E-state index contributed by atoms with van der Waals surface area (Å²) < 4.78 is 5.17. The van der Waals surface area contributed by atoms with E-state index < -0.39 is 10.9 Å². The molecule has 0 atom stereocenters. The second-order valence-corrected chi connectivity index (χ2v) is 3.24. The van der Waals surface area contributed by atoms with Crippen LogP contribution in [0.3, 0.4) is 0 Å². The molecular weight excluding hydrogens is 238 g/mol. The minimum atomic E-state index is -1.27. The first-order valence-electron chi connectivity index (χ1n) is 5.11. The highest BCUT2D eigenvalue weighted by atomic mass is 16.6. The molecule has 0 aromatic heterocycles. The minimum absolute atomic E-state index is 0.103. The van der Waals surface area contributed by atoms with Crippen LogP contribution in [0.2, 0.25) is 0 Å². The molecule has 0 saturated heterocycles. The Balaban J connectivity index is 3.05. The predicted molar refractivity (Wildman–Crippen MR) is 63.6 cm³/mol. The largest absolute Gasteiger partial charge is 0.485 e. The molecule has 0 bridgehead atoms. The van der Waals surface area contributed by atoms with Gasteiger partial charge in [-0.05, 0) is 13.0 Å². The normalized spacial score (nSPS) is 9.17. The van der Waals surface area contributed by atoms with Crippen LogP contribution in [0.15, 0.2) is 18.2 Å². The molecule has 6 heteroatoms. The van der Waals surface area contributed by atoms with E-state index in [1.165, 1.54) is 18.2 Å². The monoisotopic (exact) mass is 249 g/mol. The molecule has 1 aromatic carbocycles. The summed E-state index contributed by atoms with van der Waals surface area (Å²) in [5, 5.41) is 19.7. The predicted octanol–water partition coefficient (Wildman–Crippen LogP) is 2.09. The summed E-state index contributed by atoms with van der Waals surface area (Å²) in [7, 11) is 0. The van der Waals surface area contributed by atoms with Gasteiger partial charge in [-0.15, -0.1) is 11.8 Å². The summed E-state index contributed by atoms with van der Waals surface area (Å²) in [5.41, 5.74) is -0.590. The minimum Gasteiger partial charge on any atom is -0.485 e. The Hall–Kier alpha value is -2.55. The number of ether oxygens (including phenoxy) is 1. The zero-order valence-electron chi connectivity index (χ0n) is 9.67. The van der Waals surface area contributed by atoms with Crippen LogP contribution in [-0.2, 0) is 0 Å². The van der Waals surface area contributed by atoms with Crippen molar-refractivity contribution in [2.75, 3.05) is 6.61 Å². The third-order valence-electron chi connectivity index (χ3n) is 2.07. The van der Waals surface area contributed by atoms with E-state index >= 15 is 0 Å². The Kier molecular flexibility index (Phi) is 4.69. The Bertz CT molecular complexity index is 495. The molecule has 94 valence electrons. The fourth-order valence-corrected chi connectivity index (χ4v) is 1.32. The van der Waals surface area contributed by atoms with Crippen LogP contribution in [0.5, 0.6) is 5.75 Å². The van der Waals surface area contributed by atoms with Crippen molar-refractivity contribution < 1.29 is 19.6 Å². The average Bonchev–Trinajstić information content (AvgIpc) is 2.34. The molecule has 0 heterocycles. The smallest absolute Gasteiger partial charge is 0.339 e. The van der Waals surface area contributed by atoms with Gasteiger partial charge in [-0.25, -0.2) is 4.79 Å². The lowest BCUT2D eigenvalue weighted by Gasteiger charge is -2.07. The summed E-state index contributed by atoms with van der Waals surface area (Å²) in [5.74, 6) is 3.88. The van der Waals surface area contributed by atoms with Gasteiger partial charge >= 0.3 is 11.7 Å². The molecule has 0 aliphatic rings. The van der Waals surface area contributed by atoms with Crippen LogP contribution in [0.1, 0.15) is 23.7 Å². The standard InChI is InChI=1S/C12H11NO5/c1-2-3-4-8-18-11-9(12(14)15)6-5-7-10(11)13(16)17/h5-7H,4,8H2,1H3,(H,14,15). The number of carboxylic acids is 1. The molecule has 0 aliphatic heterocycles. The number of nitrogens with zero attached hydrogens (tertiary/aromatic N) is 1. The number of hydrogen-bond acceptors (Lipinski definition) is 4. The highest BCUT2D eigenvalue weighted by Gasteiger charge is 2.22. The van der Waals surface area contributed by atoms with Gasteiger partial charge in [0.1, 0.15) is 5.56 Å². The molecule has 1 rings (SSSR count). The highest BCUT2D eigenvalue weighted by Crippen LogP contribution is 2.30. The van der Waals surface area contributed by atoms with E-state index in [9.17, 15) is 14.9 Å². The molecule has 0 amide bonds. The van der Waals surface area contributed by atoms with E-state index in [1.807, 2.05) is 0 Å². The van der Waals surface area contributed by atoms with E-state index in [2.05, 4.69) is 11.8 Å². The van der Waals surface area contributed by atoms with Gasteiger partial charge in [-0.1, -0.05) is 6.07 Å². The van der Waals surface area contributed by atoms with E-state index in [0.717, 1.165) is 0 Å². The van der Waals surface area contributed by atoms with Gasteiger partial charge in [0.15, 0.2) is 0 Å². The average molecular weight is 249 g/mol. The molecule has 0 radical (unpaired) electrons. The number of nitro benzene ring substituents is 1. The van der Waals surface area contributed by atoms with Crippen molar-refractivity contribution in [1.29, 1.82) is 0 Å². The lowest BCUT2D eigenvalue weighted by molar-refractivity contribution is -0.385. The number of hydrogen-bond donors (Lipinski definition) is 1. The molecule has 1 aromatic rings. The zero-order chi connectivity index (χ0) is 13.5. The zero-order valence-corrected chi connectivity index (χ0v) is 9.67. The van der Waals surface area contributed by atoms with Crippen LogP contribution in [-0.4, -0.2) is 22.6 Å². The number of nitro groups is 1. The number of carboxylic acid groups (broad SMARTS) is 1. The summed E-state index contributed by atoms with van der Waals surface area (Å²) in [6.45, 7) is 1.76. The van der Waals surface area contributed by atoms with Gasteiger partial charge in [0.25, 0.3) is 0 Å². The van der Waals surface area contributed by atoms with Crippen LogP contribution in [0.25, 0.3) is 0 Å². The Morgan fingerprint density at radius 1 is 1.56 bits per heavy atom. The van der Waals surface area contributed by atoms with E-state index in [1.54, 1.807) is 6.92 Å². The summed E-state index contributed by atoms with van der Waals surface area (Å²) >= 11 is 0. The molecule has 0 saturated carbocycles. The van der Waals surface area contributed by atoms with Crippen LogP contribution in [0.4, 0.5) is 5.69 Å². The van der Waals surface area contributed by atoms with Gasteiger partial charge in [-0.2, -0.15) is 0 Å². The van der Waals surface area contributed by atoms with Crippen molar-refractivity contribution in [2.24, 2.45) is 0 Å². The summed E-state index contributed by atoms with van der Waals surface area (Å²) in [6.07, 6.45) is 0.377. The van der Waals surface area contributed by atoms with Crippen molar-refractivity contribution in [3.05, 3.63) is 33.9 Å². The number of aromatic carboxylic acids is 1. The van der Waals surface area contributed by atoms with Crippen molar-refractivity contribution in [2.45, 2.75) is 13.3 Å². The van der Waals surface area contributed by atoms with Crippen LogP contribution >= 0.6 is 0 Å². The SMILES string of the molecule is CC#CCCOc1c(C(=O)O)cccc1[N+](=O)[O-]. The van der Waals surface area contributed by atoms with Crippen LogP contribution in [0, 0.1) is 22.0 Å². The van der Waals surface area contributed by atoms with E-state index in [0.29, 0.717) is 6.42 Å². The maximum atomic E-state index is 11.0. The molecule has 0 aliphatic carbocycles. The fraction of sp³-hybridized carbons (Fsp3) is 0.250. The van der Waals surface area contributed by atoms with Gasteiger partial charge < -0.3 is 9.84 Å². The first-order chi connectivity index (χ1) is 8.57. The van der Waals surface area contributed by atoms with E-state index in [4.69, 9.17) is 9.84 Å². The topological polar surface area (TPSA) is 89.7 Å². The second-order valence-electron chi connectivity index (χ2n) is 3.24. The Labute approximate surface area is 103 Å². The molecule has 0 fully saturated rings. The lowest BCUT2D eigenvalue weighted by Crippen LogP contribution is -2.06. The number of rotatable bonds is 5. The second kappa shape index (κ2) is 6.25. The highest BCUT2D eigenvalue weighted by molar-refractivity contribution is 5.92. The summed E-state index contributed by atoms with van der Waals surface area (Å²) in [4.78, 5) is 21.1. The Morgan fingerprint density at radius 2 is 2.28 bits per heavy atom. The van der Waals surface area contributed by atoms with Crippen molar-refractivity contribution in [3.63, 3.8) is 0 Å². The molecule has 18 heavy (non-hydrogen) atoms. The third kappa shape index (κ3) is 3.22. The molecule has 0 unspecified atom stereocenters. The van der Waals surface area contributed by atoms with Crippen molar-refractivity contribution in [3.8, 4) is 17.6 Å². The van der Waals surface area contributed by atoms with Crippen molar-refractivity contribution in [1.82, 2.24) is 0 Å². The van der Waals surface area contributed by atoms with Gasteiger partial charge in [0.2, 0.25) is 5.75 Å². The van der Waals surface area contributed by atoms with Gasteiger partial charge in [-0.3, -0.25) is 10.1 Å². The molecule has 0 spiro atoms. The lowest BCUT2D eigenvalue weighted by atomic mass is 10.1. The van der Waals surface area contributed by atoms with Gasteiger partial charge in [0, 0.05) is 12.5 Å². The number of benzene rings is 1. The van der Waals surface area contributed by atoms with E-state index in [-0.39, 0.29) is 23.6 Å². The molecule has 6 nitrogen and oxygen atoms in total. The number of para-hydroxylation sites is 1. The maximum absolute atomic E-state index is 11.0. The quantitative estimate of drug-likeness (QED) is 0.373. The summed E-state index contributed by atoms with van der Waals surface area (Å²) in [6, 6.07) is 3.77. The van der Waals surface area contributed by atoms with Crippen LogP contribution < -0.4 is 4.74 Å². The van der Waals surface area contributed by atoms with Gasteiger partial charge in [0.05, 0.1) is 11.5 Å².